The summed E-state index contributed by atoms with van der Waals surface area (Å²) in [4.78, 5) is 28.7. The molecule has 1 atom stereocenters. The largest absolute Gasteiger partial charge is 0.368 e. The highest BCUT2D eigenvalue weighted by Gasteiger charge is 2.46. The summed E-state index contributed by atoms with van der Waals surface area (Å²) >= 11 is 1.21. The number of terminal acetylenes is 1. The fraction of sp³-hybridized carbons (Fsp3) is 0.167. The van der Waals surface area contributed by atoms with Gasteiger partial charge in [-0.2, -0.15) is 5.26 Å². The molecule has 4 N–H and O–H groups in total. The number of hydrogen-bond donors (Lipinski definition) is 3. The molecule has 1 aliphatic carbocycles. The lowest BCUT2D eigenvalue weighted by atomic mass is 9.86. The molecule has 0 radical (unpaired) electrons. The number of urea groups is 1. The second-order valence-corrected chi connectivity index (χ2v) is 8.34. The Morgan fingerprint density at radius 2 is 1.97 bits per heavy atom. The highest BCUT2D eigenvalue weighted by Crippen LogP contribution is 2.51. The quantitative estimate of drug-likeness (QED) is 0.505. The van der Waals surface area contributed by atoms with E-state index in [0.29, 0.717) is 10.6 Å². The molecule has 3 amide bonds. The van der Waals surface area contributed by atoms with Gasteiger partial charge < -0.3 is 11.1 Å². The van der Waals surface area contributed by atoms with Crippen molar-refractivity contribution in [3.63, 3.8) is 0 Å². The van der Waals surface area contributed by atoms with E-state index in [0.717, 1.165) is 29.5 Å². The van der Waals surface area contributed by atoms with E-state index in [1.54, 1.807) is 17.5 Å². The van der Waals surface area contributed by atoms with Gasteiger partial charge in [0.25, 0.3) is 0 Å². The van der Waals surface area contributed by atoms with Crippen LogP contribution in [0.1, 0.15) is 35.0 Å². The molecule has 1 aliphatic rings. The van der Waals surface area contributed by atoms with E-state index < -0.39 is 23.4 Å². The van der Waals surface area contributed by atoms with Crippen LogP contribution in [0.2, 0.25) is 0 Å². The van der Waals surface area contributed by atoms with Crippen molar-refractivity contribution < 1.29 is 9.59 Å². The number of nitrogens with two attached hydrogens (primary N) is 1. The predicted molar refractivity (Wildman–Crippen MR) is 123 cm³/mol. The molecule has 1 saturated carbocycles. The average Bonchev–Trinajstić information content (AvgIpc) is 3.49. The first-order valence-electron chi connectivity index (χ1n) is 9.86. The van der Waals surface area contributed by atoms with Gasteiger partial charge in [-0.25, -0.2) is 9.78 Å². The number of anilines is 1. The first-order valence-corrected chi connectivity index (χ1v) is 10.7. The molecule has 3 aromatic rings. The molecule has 158 valence electrons. The van der Waals surface area contributed by atoms with Crippen LogP contribution in [0.25, 0.3) is 11.1 Å². The van der Waals surface area contributed by atoms with E-state index >= 15 is 0 Å². The molecule has 1 aromatic heterocycles. The lowest BCUT2D eigenvalue weighted by Gasteiger charge is -2.20. The molecule has 32 heavy (non-hydrogen) atoms. The fourth-order valence-corrected chi connectivity index (χ4v) is 4.13. The number of thiazole rings is 1. The first-order chi connectivity index (χ1) is 15.5. The summed E-state index contributed by atoms with van der Waals surface area (Å²) in [5.74, 6) is 1.95. The predicted octanol–water partition coefficient (Wildman–Crippen LogP) is 3.69. The number of aromatic nitrogens is 1. The van der Waals surface area contributed by atoms with Gasteiger partial charge in [0, 0.05) is 5.38 Å². The number of hydrogen-bond acceptors (Lipinski definition) is 5. The molecule has 0 spiro atoms. The molecular formula is C24H19N5O2S. The fourth-order valence-electron chi connectivity index (χ4n) is 3.57. The minimum Gasteiger partial charge on any atom is -0.368 e. The van der Waals surface area contributed by atoms with E-state index in [4.69, 9.17) is 12.2 Å². The van der Waals surface area contributed by atoms with Crippen molar-refractivity contribution in [1.82, 2.24) is 10.3 Å². The molecule has 1 unspecified atom stereocenters. The summed E-state index contributed by atoms with van der Waals surface area (Å²) in [7, 11) is 0. The smallest absolute Gasteiger partial charge is 0.321 e. The lowest BCUT2D eigenvalue weighted by molar-refractivity contribution is -0.119. The van der Waals surface area contributed by atoms with E-state index in [9.17, 15) is 14.9 Å². The number of carbonyl (C=O) groups excluding carboxylic acids is 2. The third-order valence-electron chi connectivity index (χ3n) is 5.37. The average molecular weight is 442 g/mol. The third kappa shape index (κ3) is 4.18. The number of carbonyl (C=O) groups is 2. The summed E-state index contributed by atoms with van der Waals surface area (Å²) in [6.45, 7) is 0. The number of nitriles is 1. The van der Waals surface area contributed by atoms with Crippen LogP contribution >= 0.6 is 11.3 Å². The molecule has 7 nitrogen and oxygen atoms in total. The van der Waals surface area contributed by atoms with E-state index in [1.165, 1.54) is 11.3 Å². The third-order valence-corrected chi connectivity index (χ3v) is 6.14. The Morgan fingerprint density at radius 1 is 1.22 bits per heavy atom. The van der Waals surface area contributed by atoms with Gasteiger partial charge in [0.15, 0.2) is 5.01 Å². The first kappa shape index (κ1) is 21.1. The number of nitrogens with zero attached hydrogens (tertiary/aromatic N) is 2. The van der Waals surface area contributed by atoms with Gasteiger partial charge in [0.05, 0.1) is 11.5 Å². The summed E-state index contributed by atoms with van der Waals surface area (Å²) in [5, 5.41) is 17.0. The Hall–Kier alpha value is -4.14. The van der Waals surface area contributed by atoms with Gasteiger partial charge in [-0.15, -0.1) is 17.8 Å². The monoisotopic (exact) mass is 441 g/mol. The summed E-state index contributed by atoms with van der Waals surface area (Å²) in [6, 6.07) is 15.8. The molecule has 0 bridgehead atoms. The second-order valence-electron chi connectivity index (χ2n) is 7.48. The van der Waals surface area contributed by atoms with Crippen molar-refractivity contribution in [2.75, 3.05) is 5.32 Å². The molecule has 4 rings (SSSR count). The van der Waals surface area contributed by atoms with Gasteiger partial charge >= 0.3 is 6.03 Å². The number of primary amides is 1. The summed E-state index contributed by atoms with van der Waals surface area (Å²) in [5.41, 5.74) is 8.24. The van der Waals surface area contributed by atoms with Crippen molar-refractivity contribution in [2.45, 2.75) is 24.3 Å². The Kier molecular flexibility index (Phi) is 5.63. The van der Waals surface area contributed by atoms with Crippen molar-refractivity contribution in [3.8, 4) is 29.5 Å². The molecule has 0 saturated heterocycles. The number of amides is 3. The molecule has 8 heteroatoms. The maximum atomic E-state index is 12.5. The maximum Gasteiger partial charge on any atom is 0.321 e. The molecule has 1 fully saturated rings. The lowest BCUT2D eigenvalue weighted by Crippen LogP contribution is -2.40. The number of rotatable bonds is 6. The zero-order chi connectivity index (χ0) is 22.7. The van der Waals surface area contributed by atoms with Crippen LogP contribution in [-0.2, 0) is 10.2 Å². The molecule has 0 aliphatic heterocycles. The van der Waals surface area contributed by atoms with Gasteiger partial charge in [-0.1, -0.05) is 48.5 Å². The highest BCUT2D eigenvalue weighted by molar-refractivity contribution is 7.10. The van der Waals surface area contributed by atoms with Crippen molar-refractivity contribution in [1.29, 1.82) is 5.26 Å². The Labute approximate surface area is 189 Å². The van der Waals surface area contributed by atoms with Crippen LogP contribution in [-0.4, -0.2) is 16.9 Å². The zero-order valence-corrected chi connectivity index (χ0v) is 17.8. The minimum atomic E-state index is -1.08. The molecular weight excluding hydrogens is 422 g/mol. The van der Waals surface area contributed by atoms with Crippen LogP contribution < -0.4 is 16.4 Å². The number of nitrogens with one attached hydrogen (secondary N) is 2. The van der Waals surface area contributed by atoms with E-state index in [-0.39, 0.29) is 5.82 Å². The van der Waals surface area contributed by atoms with E-state index in [2.05, 4.69) is 27.6 Å². The van der Waals surface area contributed by atoms with Crippen LogP contribution in [0, 0.1) is 23.7 Å². The van der Waals surface area contributed by atoms with Crippen molar-refractivity contribution >= 4 is 29.1 Å². The molecule has 1 heterocycles. The van der Waals surface area contributed by atoms with Crippen LogP contribution in [0.15, 0.2) is 53.9 Å². The van der Waals surface area contributed by atoms with Crippen LogP contribution in [0.5, 0.6) is 0 Å². The minimum absolute atomic E-state index is 0.283. The van der Waals surface area contributed by atoms with E-state index in [1.807, 2.05) is 36.4 Å². The van der Waals surface area contributed by atoms with Crippen LogP contribution in [0.3, 0.4) is 0 Å². The number of benzene rings is 2. The topological polar surface area (TPSA) is 121 Å². The van der Waals surface area contributed by atoms with Crippen molar-refractivity contribution in [2.24, 2.45) is 5.73 Å². The van der Waals surface area contributed by atoms with Gasteiger partial charge in [0.1, 0.15) is 11.9 Å². The summed E-state index contributed by atoms with van der Waals surface area (Å²) in [6.07, 6.45) is 6.77. The Morgan fingerprint density at radius 3 is 2.56 bits per heavy atom. The van der Waals surface area contributed by atoms with Gasteiger partial charge in [-0.05, 0) is 41.0 Å². The molecule has 2 aromatic carbocycles. The van der Waals surface area contributed by atoms with Gasteiger partial charge in [0.2, 0.25) is 5.91 Å². The zero-order valence-electron chi connectivity index (χ0n) is 17.0. The highest BCUT2D eigenvalue weighted by atomic mass is 32.1. The SMILES string of the molecule is C#Cc1nc(NC(=O)NC(C(N)=O)c2ccc(-c3ccccc3)c(C3(C#N)CC3)c2)cs1. The van der Waals surface area contributed by atoms with Crippen molar-refractivity contribution in [3.05, 3.63) is 70.0 Å². The summed E-state index contributed by atoms with van der Waals surface area (Å²) < 4.78 is 0. The Bertz CT molecular complexity index is 1270. The standard InChI is InChI=1S/C24H19N5O2S/c1-2-20-27-19(13-32-20)28-23(31)29-21(22(26)30)16-8-9-17(15-6-4-3-5-7-15)18(12-16)24(14-25)10-11-24/h1,3-9,12-13,21H,10-11H2,(H2,26,30)(H2,28,29,31). The second kappa shape index (κ2) is 8.54. The maximum absolute atomic E-state index is 12.5. The van der Waals surface area contributed by atoms with Crippen LogP contribution in [0.4, 0.5) is 10.6 Å². The van der Waals surface area contributed by atoms with Gasteiger partial charge in [-0.3, -0.25) is 10.1 Å². The normalized spacial score (nSPS) is 14.4. The Balaban J connectivity index is 1.65.